The Kier molecular flexibility index (Phi) is 11.6. The number of thioether (sulfide) groups is 1. The smallest absolute Gasteiger partial charge is 0.303 e. The fraction of sp³-hybridized carbons (Fsp3) is 0.355. The first-order valence-electron chi connectivity index (χ1n) is 14.3. The lowest BCUT2D eigenvalue weighted by molar-refractivity contribution is -0.137. The molecule has 2 aromatic heterocycles. The first kappa shape index (κ1) is 32.8. The van der Waals surface area contributed by atoms with Crippen LogP contribution in [0.15, 0.2) is 64.4 Å². The number of carbonyl (C=O) groups is 3. The van der Waals surface area contributed by atoms with E-state index in [0.29, 0.717) is 65.2 Å². The molecule has 2 N–H and O–H groups in total. The number of nitrogens with zero attached hydrogens (tertiary/aromatic N) is 5. The summed E-state index contributed by atoms with van der Waals surface area (Å²) < 4.78 is 1.95. The average molecular weight is 638 g/mol. The summed E-state index contributed by atoms with van der Waals surface area (Å²) in [6.07, 6.45) is 5.35. The van der Waals surface area contributed by atoms with E-state index in [1.807, 2.05) is 30.3 Å². The Bertz CT molecular complexity index is 1600. The van der Waals surface area contributed by atoms with Gasteiger partial charge in [-0.3, -0.25) is 33.4 Å². The molecule has 5 rings (SSSR count). The van der Waals surface area contributed by atoms with Gasteiger partial charge < -0.3 is 15.1 Å². The van der Waals surface area contributed by atoms with Crippen LogP contribution in [0.2, 0.25) is 0 Å². The number of aliphatic carboxylic acids is 2. The molecule has 0 bridgehead atoms. The van der Waals surface area contributed by atoms with E-state index in [2.05, 4.69) is 21.9 Å². The third-order valence-electron chi connectivity index (χ3n) is 7.09. The zero-order chi connectivity index (χ0) is 31.6. The summed E-state index contributed by atoms with van der Waals surface area (Å²) in [7, 11) is 0. The molecule has 1 amide bonds. The summed E-state index contributed by atoms with van der Waals surface area (Å²) in [6, 6.07) is 15.8. The molecule has 13 heteroatoms. The number of anilines is 1. The van der Waals surface area contributed by atoms with Crippen LogP contribution in [0.4, 0.5) is 5.82 Å². The number of benzene rings is 1. The number of hydrogen-bond donors (Lipinski definition) is 2. The zero-order valence-electron chi connectivity index (χ0n) is 24.4. The molecule has 2 saturated heterocycles. The van der Waals surface area contributed by atoms with E-state index in [-0.39, 0.29) is 17.9 Å². The van der Waals surface area contributed by atoms with Crippen molar-refractivity contribution in [3.05, 3.63) is 81.1 Å². The lowest BCUT2D eigenvalue weighted by Crippen LogP contribution is -2.47. The zero-order valence-corrected chi connectivity index (χ0v) is 26.1. The topological polar surface area (TPSA) is 136 Å². The van der Waals surface area contributed by atoms with Gasteiger partial charge in [0.05, 0.1) is 10.5 Å². The summed E-state index contributed by atoms with van der Waals surface area (Å²) in [5.41, 5.74) is 1.97. The molecule has 232 valence electrons. The highest BCUT2D eigenvalue weighted by atomic mass is 32.2. The number of rotatable bonds is 10. The Hall–Kier alpha value is -4.07. The van der Waals surface area contributed by atoms with Crippen LogP contribution in [0, 0.1) is 0 Å². The second kappa shape index (κ2) is 15.6. The average Bonchev–Trinajstić information content (AvgIpc) is 3.26. The number of piperazine rings is 1. The van der Waals surface area contributed by atoms with Crippen LogP contribution in [0.3, 0.4) is 0 Å². The van der Waals surface area contributed by atoms with Crippen LogP contribution >= 0.6 is 24.0 Å². The van der Waals surface area contributed by atoms with Gasteiger partial charge in [-0.05, 0) is 36.6 Å². The van der Waals surface area contributed by atoms with Crippen molar-refractivity contribution in [1.82, 2.24) is 19.2 Å². The quantitative estimate of drug-likeness (QED) is 0.190. The molecule has 0 aliphatic carbocycles. The minimum Gasteiger partial charge on any atom is -0.481 e. The minimum atomic E-state index is -0.833. The largest absolute Gasteiger partial charge is 0.481 e. The molecule has 1 aromatic carbocycles. The molecule has 0 radical (unpaired) electrons. The molecule has 44 heavy (non-hydrogen) atoms. The van der Waals surface area contributed by atoms with Gasteiger partial charge in [0.2, 0.25) is 0 Å². The highest BCUT2D eigenvalue weighted by Gasteiger charge is 2.33. The predicted octanol–water partition coefficient (Wildman–Crippen LogP) is 3.95. The lowest BCUT2D eigenvalue weighted by Gasteiger charge is -2.36. The maximum atomic E-state index is 13.7. The number of fused-ring (bicyclic) bond motifs is 1. The highest BCUT2D eigenvalue weighted by Crippen LogP contribution is 2.34. The Morgan fingerprint density at radius 3 is 2.34 bits per heavy atom. The summed E-state index contributed by atoms with van der Waals surface area (Å²) in [6.45, 7) is 5.45. The third kappa shape index (κ3) is 8.74. The number of unbranched alkanes of at least 4 members (excludes halogenated alkanes) is 2. The minimum absolute atomic E-state index is 0.112. The second-order valence-corrected chi connectivity index (χ2v) is 12.1. The maximum Gasteiger partial charge on any atom is 0.303 e. The molecule has 0 spiro atoms. The molecule has 0 unspecified atom stereocenters. The van der Waals surface area contributed by atoms with Crippen molar-refractivity contribution in [2.75, 3.05) is 37.6 Å². The van der Waals surface area contributed by atoms with E-state index in [1.165, 1.54) is 21.7 Å². The molecule has 3 aromatic rings. The number of thiocarbonyl (C=S) groups is 1. The van der Waals surface area contributed by atoms with Crippen molar-refractivity contribution in [2.45, 2.75) is 39.2 Å². The number of carbonyl (C=O) groups excluding carboxylic acids is 1. The van der Waals surface area contributed by atoms with Crippen LogP contribution in [0.25, 0.3) is 11.7 Å². The van der Waals surface area contributed by atoms with Gasteiger partial charge in [0.25, 0.3) is 17.4 Å². The monoisotopic (exact) mass is 637 g/mol. The van der Waals surface area contributed by atoms with Crippen LogP contribution < -0.4 is 10.5 Å². The molecular weight excluding hydrogens is 603 g/mol. The van der Waals surface area contributed by atoms with E-state index in [0.717, 1.165) is 26.6 Å². The van der Waals surface area contributed by atoms with E-state index >= 15 is 0 Å². The first-order chi connectivity index (χ1) is 21.1. The van der Waals surface area contributed by atoms with Crippen LogP contribution in [0.1, 0.15) is 43.7 Å². The molecule has 2 aliphatic rings. The van der Waals surface area contributed by atoms with Crippen LogP contribution in [-0.4, -0.2) is 84.3 Å². The Morgan fingerprint density at radius 2 is 1.66 bits per heavy atom. The lowest BCUT2D eigenvalue weighted by atomic mass is 10.1. The fourth-order valence-corrected chi connectivity index (χ4v) is 6.25. The molecular formula is C31H35N5O6S2. The summed E-state index contributed by atoms with van der Waals surface area (Å²) in [4.78, 5) is 58.0. The number of aromatic nitrogens is 2. The van der Waals surface area contributed by atoms with Crippen molar-refractivity contribution in [3.8, 4) is 0 Å². The summed E-state index contributed by atoms with van der Waals surface area (Å²) >= 11 is 6.67. The van der Waals surface area contributed by atoms with E-state index in [9.17, 15) is 14.4 Å². The van der Waals surface area contributed by atoms with Crippen molar-refractivity contribution in [2.24, 2.45) is 0 Å². The van der Waals surface area contributed by atoms with E-state index < -0.39 is 11.9 Å². The summed E-state index contributed by atoms with van der Waals surface area (Å²) in [5, 5.41) is 16.2. The SMILES string of the molecule is CC(=O)O.O=C(O)CCCCCN1C(=O)C(=Cc2c(N3CCN(Cc4ccccc4)CC3)nc3ccccn3c2=O)SC1=S. The molecule has 4 heterocycles. The van der Waals surface area contributed by atoms with Crippen molar-refractivity contribution < 1.29 is 24.6 Å². The van der Waals surface area contributed by atoms with Crippen LogP contribution in [-0.2, 0) is 20.9 Å². The fourth-order valence-electron chi connectivity index (χ4n) is 4.96. The number of amides is 1. The second-order valence-electron chi connectivity index (χ2n) is 10.4. The predicted molar refractivity (Wildman–Crippen MR) is 175 cm³/mol. The van der Waals surface area contributed by atoms with Gasteiger partial charge in [-0.1, -0.05) is 66.8 Å². The van der Waals surface area contributed by atoms with E-state index in [1.54, 1.807) is 23.2 Å². The van der Waals surface area contributed by atoms with E-state index in [4.69, 9.17) is 32.2 Å². The third-order valence-corrected chi connectivity index (χ3v) is 8.47. The highest BCUT2D eigenvalue weighted by molar-refractivity contribution is 8.26. The molecule has 11 nitrogen and oxygen atoms in total. The normalized spacial score (nSPS) is 16.3. The Labute approximate surface area is 264 Å². The maximum absolute atomic E-state index is 13.7. The van der Waals surface area contributed by atoms with Gasteiger partial charge in [0.15, 0.2) is 0 Å². The van der Waals surface area contributed by atoms with Gasteiger partial charge in [0.1, 0.15) is 15.8 Å². The van der Waals surface area contributed by atoms with Crippen molar-refractivity contribution >= 4 is 63.7 Å². The van der Waals surface area contributed by atoms with Gasteiger partial charge >= 0.3 is 5.97 Å². The van der Waals surface area contributed by atoms with Gasteiger partial charge in [0, 0.05) is 58.8 Å². The summed E-state index contributed by atoms with van der Waals surface area (Å²) in [5.74, 6) is -1.31. The standard InChI is InChI=1S/C29H31N5O4S2.C2H4O2/c35-25(36)12-5-2-7-14-34-28(38)23(40-29(34)39)19-22-26(30-24-11-6-8-13-33(24)27(22)37)32-17-15-31(16-18-32)20-21-9-3-1-4-10-21;1-2(3)4/h1,3-4,6,8-11,13,19H,2,5,7,12,14-18,20H2,(H,35,36);1H3,(H,3,4). The van der Waals surface area contributed by atoms with Crippen LogP contribution in [0.5, 0.6) is 0 Å². The van der Waals surface area contributed by atoms with Crippen molar-refractivity contribution in [3.63, 3.8) is 0 Å². The Balaban J connectivity index is 0.00000104. The number of hydrogen-bond acceptors (Lipinski definition) is 9. The molecule has 2 fully saturated rings. The molecule has 2 aliphatic heterocycles. The number of pyridine rings is 1. The number of carboxylic acid groups (broad SMARTS) is 2. The van der Waals surface area contributed by atoms with Crippen molar-refractivity contribution in [1.29, 1.82) is 0 Å². The van der Waals surface area contributed by atoms with Gasteiger partial charge in [-0.2, -0.15) is 0 Å². The molecule has 0 atom stereocenters. The first-order valence-corrected chi connectivity index (χ1v) is 15.6. The Morgan fingerprint density at radius 1 is 0.977 bits per heavy atom. The number of carboxylic acids is 2. The molecule has 0 saturated carbocycles. The van der Waals surface area contributed by atoms with Gasteiger partial charge in [-0.25, -0.2) is 4.98 Å². The van der Waals surface area contributed by atoms with Gasteiger partial charge in [-0.15, -0.1) is 0 Å².